The quantitative estimate of drug-likeness (QED) is 0.558. The molecule has 0 radical (unpaired) electrons. The number of nitrogens with zero attached hydrogens (tertiary/aromatic N) is 2. The van der Waals surface area contributed by atoms with E-state index in [1.54, 1.807) is 18.4 Å². The first-order valence-corrected chi connectivity index (χ1v) is 11.8. The van der Waals surface area contributed by atoms with E-state index in [1.807, 2.05) is 48.8 Å². The number of nitrogens with one attached hydrogen (secondary N) is 1. The monoisotopic (exact) mass is 451 g/mol. The fourth-order valence-electron chi connectivity index (χ4n) is 3.98. The molecule has 0 saturated heterocycles. The zero-order valence-electron chi connectivity index (χ0n) is 18.5. The number of amides is 1. The van der Waals surface area contributed by atoms with Crippen molar-refractivity contribution in [3.05, 3.63) is 75.7 Å². The Labute approximate surface area is 193 Å². The Morgan fingerprint density at radius 2 is 2.06 bits per heavy atom. The minimum absolute atomic E-state index is 0.0746. The SMILES string of the molecule is COc1ccccc1[C@H]1CN(CCNC(=O)CCc2scnc2C)Cc2ccccc2O1. The molecule has 32 heavy (non-hydrogen) atoms. The molecule has 0 spiro atoms. The van der Waals surface area contributed by atoms with E-state index in [2.05, 4.69) is 27.3 Å². The summed E-state index contributed by atoms with van der Waals surface area (Å²) >= 11 is 1.61. The van der Waals surface area contributed by atoms with Crippen LogP contribution in [0.5, 0.6) is 11.5 Å². The lowest BCUT2D eigenvalue weighted by Crippen LogP contribution is -2.36. The van der Waals surface area contributed by atoms with Crippen molar-refractivity contribution in [2.75, 3.05) is 26.7 Å². The van der Waals surface area contributed by atoms with E-state index in [1.165, 1.54) is 4.88 Å². The number of hydrogen-bond acceptors (Lipinski definition) is 6. The maximum absolute atomic E-state index is 12.3. The minimum atomic E-state index is -0.153. The third-order valence-corrected chi connectivity index (χ3v) is 6.71. The number of methoxy groups -OCH3 is 1. The molecule has 0 saturated carbocycles. The Morgan fingerprint density at radius 1 is 1.25 bits per heavy atom. The van der Waals surface area contributed by atoms with Crippen molar-refractivity contribution in [1.29, 1.82) is 0 Å². The highest BCUT2D eigenvalue weighted by molar-refractivity contribution is 7.09. The van der Waals surface area contributed by atoms with E-state index in [0.29, 0.717) is 19.5 Å². The summed E-state index contributed by atoms with van der Waals surface area (Å²) in [5, 5.41) is 3.07. The van der Waals surface area contributed by atoms with Crippen molar-refractivity contribution in [2.24, 2.45) is 0 Å². The largest absolute Gasteiger partial charge is 0.496 e. The van der Waals surface area contributed by atoms with Crippen LogP contribution in [0.3, 0.4) is 0 Å². The first kappa shape index (κ1) is 22.3. The molecule has 6 nitrogen and oxygen atoms in total. The van der Waals surface area contributed by atoms with Crippen LogP contribution in [0, 0.1) is 6.92 Å². The number of aryl methyl sites for hydroxylation is 2. The summed E-state index contributed by atoms with van der Waals surface area (Å²) in [4.78, 5) is 20.1. The summed E-state index contributed by atoms with van der Waals surface area (Å²) in [7, 11) is 1.69. The van der Waals surface area contributed by atoms with Gasteiger partial charge >= 0.3 is 0 Å². The summed E-state index contributed by atoms with van der Waals surface area (Å²) in [5.74, 6) is 1.80. The van der Waals surface area contributed by atoms with Gasteiger partial charge in [0.1, 0.15) is 17.6 Å². The van der Waals surface area contributed by atoms with Crippen LogP contribution in [0.1, 0.15) is 34.2 Å². The second kappa shape index (κ2) is 10.6. The Balaban J connectivity index is 1.39. The number of rotatable bonds is 8. The van der Waals surface area contributed by atoms with Gasteiger partial charge in [0.25, 0.3) is 0 Å². The molecule has 0 aliphatic carbocycles. The summed E-state index contributed by atoms with van der Waals surface area (Å²) in [6.07, 6.45) is 1.07. The molecule has 3 aromatic rings. The van der Waals surface area contributed by atoms with Crippen LogP contribution in [-0.2, 0) is 17.8 Å². The van der Waals surface area contributed by atoms with E-state index in [0.717, 1.165) is 47.8 Å². The average Bonchev–Trinajstić information content (AvgIpc) is 3.12. The highest BCUT2D eigenvalue weighted by Gasteiger charge is 2.26. The number of carbonyl (C=O) groups is 1. The van der Waals surface area contributed by atoms with Crippen LogP contribution in [0.25, 0.3) is 0 Å². The Bertz CT molecular complexity index is 1050. The van der Waals surface area contributed by atoms with Crippen molar-refractivity contribution < 1.29 is 14.3 Å². The molecule has 2 aromatic carbocycles. The zero-order chi connectivity index (χ0) is 22.3. The van der Waals surface area contributed by atoms with Crippen molar-refractivity contribution in [3.63, 3.8) is 0 Å². The van der Waals surface area contributed by atoms with Gasteiger partial charge in [-0.1, -0.05) is 36.4 Å². The number of hydrogen-bond donors (Lipinski definition) is 1. The zero-order valence-corrected chi connectivity index (χ0v) is 19.4. The van der Waals surface area contributed by atoms with Crippen molar-refractivity contribution in [3.8, 4) is 11.5 Å². The highest BCUT2D eigenvalue weighted by atomic mass is 32.1. The molecule has 2 heterocycles. The molecule has 4 rings (SSSR count). The van der Waals surface area contributed by atoms with E-state index in [-0.39, 0.29) is 12.0 Å². The standard InChI is InChI=1S/C25H29N3O3S/c1-18-24(32-17-27-18)11-12-25(29)26-13-14-28-15-19-7-3-5-9-21(19)31-23(16-28)20-8-4-6-10-22(20)30-2/h3-10,17,23H,11-16H2,1-2H3,(H,26,29)/t23-/m1/s1. The Kier molecular flexibility index (Phi) is 7.39. The first-order chi connectivity index (χ1) is 15.6. The lowest BCUT2D eigenvalue weighted by Gasteiger charge is -2.25. The van der Waals surface area contributed by atoms with Gasteiger partial charge in [0.05, 0.1) is 18.3 Å². The number of fused-ring (bicyclic) bond motifs is 1. The summed E-state index contributed by atoms with van der Waals surface area (Å²) in [5.41, 5.74) is 5.03. The summed E-state index contributed by atoms with van der Waals surface area (Å²) in [6, 6.07) is 16.1. The molecule has 1 N–H and O–H groups in total. The molecule has 1 aliphatic rings. The average molecular weight is 452 g/mol. The van der Waals surface area contributed by atoms with Crippen LogP contribution in [-0.4, -0.2) is 42.5 Å². The number of benzene rings is 2. The van der Waals surface area contributed by atoms with Crippen LogP contribution >= 0.6 is 11.3 Å². The van der Waals surface area contributed by atoms with E-state index < -0.39 is 0 Å². The highest BCUT2D eigenvalue weighted by Crippen LogP contribution is 2.34. The molecule has 0 fully saturated rings. The maximum Gasteiger partial charge on any atom is 0.220 e. The maximum atomic E-state index is 12.3. The predicted molar refractivity (Wildman–Crippen MR) is 126 cm³/mol. The fraction of sp³-hybridized carbons (Fsp3) is 0.360. The number of thiazole rings is 1. The topological polar surface area (TPSA) is 63.7 Å². The molecule has 168 valence electrons. The molecular formula is C25H29N3O3S. The number of aromatic nitrogens is 1. The second-order valence-electron chi connectivity index (χ2n) is 7.90. The van der Waals surface area contributed by atoms with Crippen molar-refractivity contribution >= 4 is 17.2 Å². The smallest absolute Gasteiger partial charge is 0.220 e. The van der Waals surface area contributed by atoms with Crippen LogP contribution in [0.15, 0.2) is 54.0 Å². The van der Waals surface area contributed by atoms with Gasteiger partial charge in [-0.2, -0.15) is 0 Å². The Morgan fingerprint density at radius 3 is 2.88 bits per heavy atom. The van der Waals surface area contributed by atoms with Gasteiger partial charge in [0.2, 0.25) is 5.91 Å². The molecule has 1 aromatic heterocycles. The lowest BCUT2D eigenvalue weighted by atomic mass is 10.1. The van der Waals surface area contributed by atoms with Gasteiger partial charge < -0.3 is 14.8 Å². The molecule has 1 atom stereocenters. The summed E-state index contributed by atoms with van der Waals surface area (Å²) < 4.78 is 12.0. The molecule has 0 bridgehead atoms. The van der Waals surface area contributed by atoms with Gasteiger partial charge in [-0.15, -0.1) is 11.3 Å². The van der Waals surface area contributed by atoms with Gasteiger partial charge in [-0.05, 0) is 25.5 Å². The molecular weight excluding hydrogens is 422 g/mol. The van der Waals surface area contributed by atoms with E-state index in [9.17, 15) is 4.79 Å². The molecule has 7 heteroatoms. The lowest BCUT2D eigenvalue weighted by molar-refractivity contribution is -0.121. The van der Waals surface area contributed by atoms with Crippen LogP contribution < -0.4 is 14.8 Å². The second-order valence-corrected chi connectivity index (χ2v) is 8.84. The third kappa shape index (κ3) is 5.47. The molecule has 1 aliphatic heterocycles. The van der Waals surface area contributed by atoms with Crippen molar-refractivity contribution in [2.45, 2.75) is 32.4 Å². The predicted octanol–water partition coefficient (Wildman–Crippen LogP) is 4.14. The van der Waals surface area contributed by atoms with E-state index >= 15 is 0 Å². The third-order valence-electron chi connectivity index (χ3n) is 5.72. The number of carbonyl (C=O) groups excluding carboxylic acids is 1. The van der Waals surface area contributed by atoms with E-state index in [4.69, 9.17) is 9.47 Å². The van der Waals surface area contributed by atoms with Gasteiger partial charge in [0.15, 0.2) is 0 Å². The molecule has 1 amide bonds. The van der Waals surface area contributed by atoms with Crippen LogP contribution in [0.4, 0.5) is 0 Å². The number of ether oxygens (including phenoxy) is 2. The van der Waals surface area contributed by atoms with Gasteiger partial charge in [0, 0.05) is 48.6 Å². The fourth-order valence-corrected chi connectivity index (χ4v) is 4.76. The minimum Gasteiger partial charge on any atom is -0.496 e. The van der Waals surface area contributed by atoms with Gasteiger partial charge in [-0.3, -0.25) is 9.69 Å². The van der Waals surface area contributed by atoms with Crippen molar-refractivity contribution in [1.82, 2.24) is 15.2 Å². The number of para-hydroxylation sites is 2. The van der Waals surface area contributed by atoms with Gasteiger partial charge in [-0.25, -0.2) is 4.98 Å². The van der Waals surface area contributed by atoms with Crippen LogP contribution in [0.2, 0.25) is 0 Å². The Hall–Kier alpha value is -2.90. The molecule has 0 unspecified atom stereocenters. The normalized spacial score (nSPS) is 16.0. The first-order valence-electron chi connectivity index (χ1n) is 10.9. The summed E-state index contributed by atoms with van der Waals surface area (Å²) in [6.45, 7) is 4.82.